The number of alkyl halides is 3. The van der Waals surface area contributed by atoms with E-state index in [9.17, 15) is 23.1 Å². The van der Waals surface area contributed by atoms with E-state index in [1.165, 1.54) is 19.1 Å². The molecule has 0 amide bonds. The summed E-state index contributed by atoms with van der Waals surface area (Å²) in [6.45, 7) is 5.05. The number of allylic oxidation sites excluding steroid dienone is 1. The highest BCUT2D eigenvalue weighted by Gasteiger charge is 2.41. The first-order valence-corrected chi connectivity index (χ1v) is 8.99. The number of phenolic OH excluding ortho intramolecular Hbond substituents is 1. The van der Waals surface area contributed by atoms with Crippen LogP contribution in [0.1, 0.15) is 28.5 Å². The Hall–Kier alpha value is -3.62. The molecule has 156 valence electrons. The highest BCUT2D eigenvalue weighted by molar-refractivity contribution is 5.90. The number of esters is 1. The van der Waals surface area contributed by atoms with Crippen LogP contribution in [0, 0.1) is 0 Å². The fraction of sp³-hybridized carbons (Fsp3) is 0.190. The molecule has 0 saturated carbocycles. The molecule has 0 fully saturated rings. The number of pyridine rings is 1. The lowest BCUT2D eigenvalue weighted by molar-refractivity contribution is -0.143. The minimum atomic E-state index is -4.87. The van der Waals surface area contributed by atoms with Crippen LogP contribution in [0.3, 0.4) is 0 Å². The second kappa shape index (κ2) is 8.40. The molecule has 1 N–H and O–H groups in total. The van der Waals surface area contributed by atoms with Gasteiger partial charge < -0.3 is 9.84 Å². The SMILES string of the molecule is C=CCc1cccc(-c2cccc(-n3ncc(C(=O)OCC)c3C(F)(F)F)n2)c1O. The Kier molecular flexibility index (Phi) is 5.91. The number of hydrogen-bond acceptors (Lipinski definition) is 5. The van der Waals surface area contributed by atoms with Crippen LogP contribution < -0.4 is 0 Å². The standard InChI is InChI=1S/C21H18F3N3O3/c1-3-7-13-8-5-9-14(18(13)28)16-10-6-11-17(26-16)27-19(21(22,23)24)15(12-25-27)20(29)30-4-2/h3,5-6,8-12,28H,1,4,7H2,2H3. The minimum Gasteiger partial charge on any atom is -0.507 e. The van der Waals surface area contributed by atoms with Crippen molar-refractivity contribution < 1.29 is 27.8 Å². The van der Waals surface area contributed by atoms with Gasteiger partial charge in [-0.25, -0.2) is 14.5 Å². The number of aromatic hydroxyl groups is 1. The van der Waals surface area contributed by atoms with Gasteiger partial charge in [0, 0.05) is 5.56 Å². The van der Waals surface area contributed by atoms with Crippen LogP contribution in [-0.4, -0.2) is 32.4 Å². The number of para-hydroxylation sites is 1. The molecule has 0 bridgehead atoms. The van der Waals surface area contributed by atoms with Crippen LogP contribution in [0.15, 0.2) is 55.3 Å². The van der Waals surface area contributed by atoms with Crippen molar-refractivity contribution in [3.63, 3.8) is 0 Å². The van der Waals surface area contributed by atoms with Crippen molar-refractivity contribution >= 4 is 5.97 Å². The average Bonchev–Trinajstić information content (AvgIpc) is 3.16. The molecule has 6 nitrogen and oxygen atoms in total. The third kappa shape index (κ3) is 4.05. The molecule has 0 radical (unpaired) electrons. The number of ether oxygens (including phenoxy) is 1. The first kappa shape index (κ1) is 21.1. The molecule has 0 saturated heterocycles. The summed E-state index contributed by atoms with van der Waals surface area (Å²) in [6, 6.07) is 9.39. The second-order valence-corrected chi connectivity index (χ2v) is 6.22. The summed E-state index contributed by atoms with van der Waals surface area (Å²) in [5, 5.41) is 14.2. The maximum atomic E-state index is 13.7. The molecule has 0 unspecified atom stereocenters. The number of halogens is 3. The van der Waals surface area contributed by atoms with Gasteiger partial charge in [0.25, 0.3) is 0 Å². The van der Waals surface area contributed by atoms with Gasteiger partial charge in [0.2, 0.25) is 0 Å². The highest BCUT2D eigenvalue weighted by Crippen LogP contribution is 2.35. The lowest BCUT2D eigenvalue weighted by Crippen LogP contribution is -2.19. The van der Waals surface area contributed by atoms with E-state index in [1.54, 1.807) is 30.3 Å². The Balaban J connectivity index is 2.13. The van der Waals surface area contributed by atoms with Crippen molar-refractivity contribution in [1.29, 1.82) is 0 Å². The van der Waals surface area contributed by atoms with Gasteiger partial charge in [0.1, 0.15) is 11.3 Å². The number of phenols is 1. The van der Waals surface area contributed by atoms with E-state index < -0.39 is 23.4 Å². The maximum Gasteiger partial charge on any atom is 0.434 e. The zero-order valence-electron chi connectivity index (χ0n) is 16.0. The Labute approximate surface area is 170 Å². The molecule has 9 heteroatoms. The number of rotatable bonds is 6. The number of hydrogen-bond donors (Lipinski definition) is 1. The normalized spacial score (nSPS) is 11.3. The lowest BCUT2D eigenvalue weighted by atomic mass is 10.0. The lowest BCUT2D eigenvalue weighted by Gasteiger charge is -2.13. The molecule has 0 atom stereocenters. The van der Waals surface area contributed by atoms with Gasteiger partial charge in [-0.1, -0.05) is 24.3 Å². The molecular weight excluding hydrogens is 399 g/mol. The van der Waals surface area contributed by atoms with Crippen molar-refractivity contribution in [3.05, 3.63) is 72.1 Å². The third-order valence-corrected chi connectivity index (χ3v) is 4.24. The summed E-state index contributed by atoms with van der Waals surface area (Å²) >= 11 is 0. The van der Waals surface area contributed by atoms with Crippen molar-refractivity contribution in [2.75, 3.05) is 6.61 Å². The summed E-state index contributed by atoms with van der Waals surface area (Å²) in [6.07, 6.45) is -2.03. The van der Waals surface area contributed by atoms with Crippen LogP contribution in [0.4, 0.5) is 13.2 Å². The fourth-order valence-electron chi connectivity index (χ4n) is 2.96. The molecule has 2 aromatic heterocycles. The van der Waals surface area contributed by atoms with Gasteiger partial charge in [-0.3, -0.25) is 0 Å². The minimum absolute atomic E-state index is 0.0363. The summed E-state index contributed by atoms with van der Waals surface area (Å²) in [4.78, 5) is 16.2. The van der Waals surface area contributed by atoms with Crippen LogP contribution in [0.2, 0.25) is 0 Å². The summed E-state index contributed by atoms with van der Waals surface area (Å²) < 4.78 is 46.4. The first-order valence-electron chi connectivity index (χ1n) is 8.99. The Morgan fingerprint density at radius 3 is 2.67 bits per heavy atom. The Morgan fingerprint density at radius 2 is 2.00 bits per heavy atom. The molecule has 2 heterocycles. The zero-order valence-corrected chi connectivity index (χ0v) is 16.0. The number of nitrogens with zero attached hydrogens (tertiary/aromatic N) is 3. The predicted molar refractivity (Wildman–Crippen MR) is 103 cm³/mol. The van der Waals surface area contributed by atoms with Crippen molar-refractivity contribution in [2.24, 2.45) is 0 Å². The number of carbonyl (C=O) groups excluding carboxylic acids is 1. The van der Waals surface area contributed by atoms with Crippen molar-refractivity contribution in [2.45, 2.75) is 19.5 Å². The second-order valence-electron chi connectivity index (χ2n) is 6.22. The predicted octanol–water partition coefficient (Wildman–Crippen LogP) is 4.56. The van der Waals surface area contributed by atoms with E-state index in [2.05, 4.69) is 16.7 Å². The van der Waals surface area contributed by atoms with Crippen LogP contribution >= 0.6 is 0 Å². The van der Waals surface area contributed by atoms with Gasteiger partial charge in [-0.05, 0) is 37.1 Å². The molecule has 1 aromatic carbocycles. The number of benzene rings is 1. The van der Waals surface area contributed by atoms with Gasteiger partial charge in [-0.15, -0.1) is 6.58 Å². The van der Waals surface area contributed by atoms with Crippen molar-refractivity contribution in [1.82, 2.24) is 14.8 Å². The number of carbonyl (C=O) groups is 1. The monoisotopic (exact) mass is 417 g/mol. The molecule has 30 heavy (non-hydrogen) atoms. The maximum absolute atomic E-state index is 13.7. The zero-order chi connectivity index (χ0) is 21.9. The van der Waals surface area contributed by atoms with Crippen molar-refractivity contribution in [3.8, 4) is 22.8 Å². The molecule has 3 rings (SSSR count). The van der Waals surface area contributed by atoms with E-state index in [1.807, 2.05) is 0 Å². The van der Waals surface area contributed by atoms with Crippen LogP contribution in [0.5, 0.6) is 5.75 Å². The average molecular weight is 417 g/mol. The Morgan fingerprint density at radius 1 is 1.27 bits per heavy atom. The molecule has 0 aliphatic heterocycles. The van der Waals surface area contributed by atoms with Gasteiger partial charge in [-0.2, -0.15) is 18.3 Å². The van der Waals surface area contributed by atoms with E-state index in [0.29, 0.717) is 22.2 Å². The summed E-state index contributed by atoms with van der Waals surface area (Å²) in [5.74, 6) is -1.32. The smallest absolute Gasteiger partial charge is 0.434 e. The highest BCUT2D eigenvalue weighted by atomic mass is 19.4. The summed E-state index contributed by atoms with van der Waals surface area (Å²) in [5.41, 5.74) is -0.781. The quantitative estimate of drug-likeness (QED) is 0.470. The molecular formula is C21H18F3N3O3. The molecule has 3 aromatic rings. The molecule has 0 aliphatic rings. The third-order valence-electron chi connectivity index (χ3n) is 4.24. The van der Waals surface area contributed by atoms with E-state index >= 15 is 0 Å². The molecule has 0 aliphatic carbocycles. The van der Waals surface area contributed by atoms with E-state index in [0.717, 1.165) is 6.20 Å². The largest absolute Gasteiger partial charge is 0.507 e. The van der Waals surface area contributed by atoms with Gasteiger partial charge in [0.05, 0.1) is 18.5 Å². The van der Waals surface area contributed by atoms with E-state index in [-0.39, 0.29) is 23.9 Å². The van der Waals surface area contributed by atoms with Crippen LogP contribution in [-0.2, 0) is 17.3 Å². The van der Waals surface area contributed by atoms with E-state index in [4.69, 9.17) is 4.74 Å². The Bertz CT molecular complexity index is 1090. The number of aromatic nitrogens is 3. The topological polar surface area (TPSA) is 77.2 Å². The van der Waals surface area contributed by atoms with Gasteiger partial charge in [0.15, 0.2) is 11.5 Å². The first-order chi connectivity index (χ1) is 14.3. The molecule has 0 spiro atoms. The van der Waals surface area contributed by atoms with Gasteiger partial charge >= 0.3 is 12.1 Å². The fourth-order valence-corrected chi connectivity index (χ4v) is 2.96. The van der Waals surface area contributed by atoms with Crippen LogP contribution in [0.25, 0.3) is 17.1 Å². The summed E-state index contributed by atoms with van der Waals surface area (Å²) in [7, 11) is 0.